The maximum absolute atomic E-state index is 11.9. The van der Waals surface area contributed by atoms with E-state index in [9.17, 15) is 4.79 Å². The van der Waals surface area contributed by atoms with Gasteiger partial charge in [0.15, 0.2) is 0 Å². The van der Waals surface area contributed by atoms with Crippen LogP contribution in [-0.4, -0.2) is 17.4 Å². The second-order valence-corrected chi connectivity index (χ2v) is 5.95. The van der Waals surface area contributed by atoms with Gasteiger partial charge >= 0.3 is 0 Å². The van der Waals surface area contributed by atoms with Crippen molar-refractivity contribution >= 4 is 5.91 Å². The Labute approximate surface area is 137 Å². The molecule has 0 aliphatic carbocycles. The van der Waals surface area contributed by atoms with E-state index < -0.39 is 0 Å². The van der Waals surface area contributed by atoms with Gasteiger partial charge in [-0.3, -0.25) is 9.78 Å². The number of carbonyl (C=O) groups is 1. The van der Waals surface area contributed by atoms with Gasteiger partial charge in [-0.15, -0.1) is 0 Å². The summed E-state index contributed by atoms with van der Waals surface area (Å²) < 4.78 is 5.77. The SMILES string of the molecule is CCc1cccc(OCc2ccc(C(=O)NCC(C)C)nc2)c1. The predicted molar refractivity (Wildman–Crippen MR) is 91.6 cm³/mol. The van der Waals surface area contributed by atoms with Crippen molar-refractivity contribution in [2.24, 2.45) is 5.92 Å². The standard InChI is InChI=1S/C19H24N2O2/c1-4-15-6-5-7-17(10-15)23-13-16-8-9-18(20-12-16)19(22)21-11-14(2)3/h5-10,12,14H,4,11,13H2,1-3H3,(H,21,22). The fourth-order valence-electron chi connectivity index (χ4n) is 2.05. The van der Waals surface area contributed by atoms with Crippen molar-refractivity contribution in [2.75, 3.05) is 6.54 Å². The predicted octanol–water partition coefficient (Wildman–Crippen LogP) is 3.61. The minimum atomic E-state index is -0.137. The lowest BCUT2D eigenvalue weighted by Crippen LogP contribution is -2.28. The van der Waals surface area contributed by atoms with E-state index in [1.807, 2.05) is 24.3 Å². The number of nitrogens with zero attached hydrogens (tertiary/aromatic N) is 1. The summed E-state index contributed by atoms with van der Waals surface area (Å²) in [5, 5.41) is 2.86. The number of rotatable bonds is 7. The molecule has 4 nitrogen and oxygen atoms in total. The second kappa shape index (κ2) is 8.32. The Hall–Kier alpha value is -2.36. The Bertz CT molecular complexity index is 636. The molecule has 0 saturated heterocycles. The molecule has 122 valence electrons. The summed E-state index contributed by atoms with van der Waals surface area (Å²) in [5.74, 6) is 1.13. The molecule has 0 unspecified atom stereocenters. The molecule has 1 amide bonds. The van der Waals surface area contributed by atoms with Crippen molar-refractivity contribution in [1.82, 2.24) is 10.3 Å². The van der Waals surface area contributed by atoms with Gasteiger partial charge in [0.25, 0.3) is 5.91 Å². The lowest BCUT2D eigenvalue weighted by molar-refractivity contribution is 0.0944. The number of aryl methyl sites for hydroxylation is 1. The number of hydrogen-bond donors (Lipinski definition) is 1. The van der Waals surface area contributed by atoms with Crippen molar-refractivity contribution in [3.05, 3.63) is 59.4 Å². The highest BCUT2D eigenvalue weighted by atomic mass is 16.5. The Morgan fingerprint density at radius 3 is 2.70 bits per heavy atom. The molecule has 1 aromatic heterocycles. The maximum Gasteiger partial charge on any atom is 0.269 e. The molecule has 23 heavy (non-hydrogen) atoms. The van der Waals surface area contributed by atoms with E-state index >= 15 is 0 Å². The average molecular weight is 312 g/mol. The fourth-order valence-corrected chi connectivity index (χ4v) is 2.05. The third kappa shape index (κ3) is 5.40. The van der Waals surface area contributed by atoms with E-state index in [1.165, 1.54) is 5.56 Å². The van der Waals surface area contributed by atoms with Crippen LogP contribution in [0.1, 0.15) is 42.4 Å². The van der Waals surface area contributed by atoms with Crippen LogP contribution in [0.2, 0.25) is 0 Å². The van der Waals surface area contributed by atoms with Crippen LogP contribution in [0.4, 0.5) is 0 Å². The Morgan fingerprint density at radius 1 is 1.22 bits per heavy atom. The smallest absolute Gasteiger partial charge is 0.269 e. The monoisotopic (exact) mass is 312 g/mol. The fraction of sp³-hybridized carbons (Fsp3) is 0.368. The molecule has 0 aliphatic heterocycles. The molecule has 4 heteroatoms. The van der Waals surface area contributed by atoms with Crippen molar-refractivity contribution in [3.63, 3.8) is 0 Å². The summed E-state index contributed by atoms with van der Waals surface area (Å²) in [4.78, 5) is 16.1. The summed E-state index contributed by atoms with van der Waals surface area (Å²) >= 11 is 0. The quantitative estimate of drug-likeness (QED) is 0.849. The highest BCUT2D eigenvalue weighted by Crippen LogP contribution is 2.15. The molecule has 0 bridgehead atoms. The van der Waals surface area contributed by atoms with Crippen molar-refractivity contribution in [2.45, 2.75) is 33.8 Å². The molecular formula is C19H24N2O2. The number of carbonyl (C=O) groups excluding carboxylic acids is 1. The lowest BCUT2D eigenvalue weighted by Gasteiger charge is -2.09. The number of hydrogen-bond acceptors (Lipinski definition) is 3. The van der Waals surface area contributed by atoms with E-state index in [0.29, 0.717) is 24.8 Å². The number of amides is 1. The third-order valence-electron chi connectivity index (χ3n) is 3.44. The van der Waals surface area contributed by atoms with Crippen LogP contribution < -0.4 is 10.1 Å². The summed E-state index contributed by atoms with van der Waals surface area (Å²) in [7, 11) is 0. The summed E-state index contributed by atoms with van der Waals surface area (Å²) in [6.07, 6.45) is 2.67. The largest absolute Gasteiger partial charge is 0.489 e. The number of aromatic nitrogens is 1. The molecule has 1 aromatic carbocycles. The molecule has 0 atom stereocenters. The van der Waals surface area contributed by atoms with Gasteiger partial charge in [0.2, 0.25) is 0 Å². The third-order valence-corrected chi connectivity index (χ3v) is 3.44. The first-order chi connectivity index (χ1) is 11.1. The van der Waals surface area contributed by atoms with Gasteiger partial charge in [0.05, 0.1) is 0 Å². The number of benzene rings is 1. The van der Waals surface area contributed by atoms with Crippen LogP contribution in [0.15, 0.2) is 42.6 Å². The van der Waals surface area contributed by atoms with Crippen LogP contribution in [0.3, 0.4) is 0 Å². The zero-order valence-corrected chi connectivity index (χ0v) is 14.0. The van der Waals surface area contributed by atoms with Crippen LogP contribution in [0.25, 0.3) is 0 Å². The highest BCUT2D eigenvalue weighted by molar-refractivity contribution is 5.92. The van der Waals surface area contributed by atoms with Crippen LogP contribution in [0, 0.1) is 5.92 Å². The van der Waals surface area contributed by atoms with Crippen LogP contribution in [0.5, 0.6) is 5.75 Å². The number of ether oxygens (including phenoxy) is 1. The van der Waals surface area contributed by atoms with Crippen LogP contribution in [-0.2, 0) is 13.0 Å². The highest BCUT2D eigenvalue weighted by Gasteiger charge is 2.07. The minimum absolute atomic E-state index is 0.137. The minimum Gasteiger partial charge on any atom is -0.489 e. The summed E-state index contributed by atoms with van der Waals surface area (Å²) in [6, 6.07) is 11.7. The Balaban J connectivity index is 1.90. The first-order valence-electron chi connectivity index (χ1n) is 8.03. The average Bonchev–Trinajstić information content (AvgIpc) is 2.58. The van der Waals surface area contributed by atoms with Gasteiger partial charge in [-0.2, -0.15) is 0 Å². The molecule has 1 heterocycles. The zero-order chi connectivity index (χ0) is 16.7. The molecule has 2 rings (SSSR count). The Morgan fingerprint density at radius 2 is 2.04 bits per heavy atom. The zero-order valence-electron chi connectivity index (χ0n) is 14.0. The maximum atomic E-state index is 11.9. The van der Waals surface area contributed by atoms with Gasteiger partial charge in [0.1, 0.15) is 18.1 Å². The number of nitrogens with one attached hydrogen (secondary N) is 1. The first kappa shape index (κ1) is 17.0. The van der Waals surface area contributed by atoms with Gasteiger partial charge in [-0.05, 0) is 36.1 Å². The van der Waals surface area contributed by atoms with Crippen molar-refractivity contribution in [3.8, 4) is 5.75 Å². The van der Waals surface area contributed by atoms with E-state index in [-0.39, 0.29) is 5.91 Å². The van der Waals surface area contributed by atoms with E-state index in [1.54, 1.807) is 12.3 Å². The van der Waals surface area contributed by atoms with E-state index in [2.05, 4.69) is 37.1 Å². The molecule has 0 spiro atoms. The molecule has 1 N–H and O–H groups in total. The molecule has 2 aromatic rings. The topological polar surface area (TPSA) is 51.2 Å². The number of pyridine rings is 1. The van der Waals surface area contributed by atoms with Crippen molar-refractivity contribution in [1.29, 1.82) is 0 Å². The Kier molecular flexibility index (Phi) is 6.15. The normalized spacial score (nSPS) is 10.6. The first-order valence-corrected chi connectivity index (χ1v) is 8.03. The van der Waals surface area contributed by atoms with Crippen molar-refractivity contribution < 1.29 is 9.53 Å². The van der Waals surface area contributed by atoms with E-state index in [0.717, 1.165) is 17.7 Å². The molecular weight excluding hydrogens is 288 g/mol. The van der Waals surface area contributed by atoms with Crippen LogP contribution >= 0.6 is 0 Å². The van der Waals surface area contributed by atoms with E-state index in [4.69, 9.17) is 4.74 Å². The second-order valence-electron chi connectivity index (χ2n) is 5.95. The summed E-state index contributed by atoms with van der Waals surface area (Å²) in [5.41, 5.74) is 2.62. The van der Waals surface area contributed by atoms with Gasteiger partial charge in [0, 0.05) is 18.3 Å². The van der Waals surface area contributed by atoms with Gasteiger partial charge < -0.3 is 10.1 Å². The lowest BCUT2D eigenvalue weighted by atomic mass is 10.2. The van der Waals surface area contributed by atoms with Gasteiger partial charge in [-0.25, -0.2) is 0 Å². The van der Waals surface area contributed by atoms with Gasteiger partial charge in [-0.1, -0.05) is 39.0 Å². The molecule has 0 aliphatic rings. The molecule has 0 fully saturated rings. The molecule has 0 radical (unpaired) electrons. The molecule has 0 saturated carbocycles. The summed E-state index contributed by atoms with van der Waals surface area (Å²) in [6.45, 7) is 7.32.